The molecule has 2 aromatic rings. The number of thiophene rings is 1. The molecule has 0 saturated heterocycles. The van der Waals surface area contributed by atoms with Crippen LogP contribution in [0.25, 0.3) is 10.2 Å². The first-order chi connectivity index (χ1) is 9.20. The summed E-state index contributed by atoms with van der Waals surface area (Å²) in [6.45, 7) is -0.118. The molecule has 0 atom stereocenters. The first kappa shape index (κ1) is 13.8. The van der Waals surface area contributed by atoms with E-state index in [1.54, 1.807) is 0 Å². The highest BCUT2D eigenvalue weighted by molar-refractivity contribution is 8.00. The summed E-state index contributed by atoms with van der Waals surface area (Å²) in [7, 11) is 1.28. The fraction of sp³-hybridized carbons (Fsp3) is 0.273. The molecule has 0 spiro atoms. The Morgan fingerprint density at radius 2 is 2.32 bits per heavy atom. The lowest BCUT2D eigenvalue weighted by atomic mass is 10.4. The van der Waals surface area contributed by atoms with Crippen LogP contribution in [-0.4, -0.2) is 41.3 Å². The Balaban J connectivity index is 1.90. The van der Waals surface area contributed by atoms with Crippen LogP contribution in [0, 0.1) is 0 Å². The van der Waals surface area contributed by atoms with Gasteiger partial charge in [0.25, 0.3) is 0 Å². The van der Waals surface area contributed by atoms with Gasteiger partial charge < -0.3 is 10.1 Å². The number of nitrogens with one attached hydrogen (secondary N) is 1. The maximum atomic E-state index is 11.5. The van der Waals surface area contributed by atoms with Gasteiger partial charge >= 0.3 is 5.97 Å². The third-order valence-corrected chi connectivity index (χ3v) is 4.05. The van der Waals surface area contributed by atoms with Gasteiger partial charge in [-0.2, -0.15) is 0 Å². The van der Waals surface area contributed by atoms with Crippen LogP contribution < -0.4 is 5.32 Å². The van der Waals surface area contributed by atoms with E-state index in [1.165, 1.54) is 36.5 Å². The minimum Gasteiger partial charge on any atom is -0.468 e. The second kappa shape index (κ2) is 6.48. The third-order valence-electron chi connectivity index (χ3n) is 2.22. The molecule has 100 valence electrons. The highest BCUT2D eigenvalue weighted by Gasteiger charge is 2.09. The van der Waals surface area contributed by atoms with Gasteiger partial charge in [-0.3, -0.25) is 9.59 Å². The lowest BCUT2D eigenvalue weighted by Gasteiger charge is -2.04. The van der Waals surface area contributed by atoms with Gasteiger partial charge in [0.1, 0.15) is 22.7 Å². The Morgan fingerprint density at radius 1 is 1.47 bits per heavy atom. The molecule has 0 bridgehead atoms. The predicted molar refractivity (Wildman–Crippen MR) is 73.2 cm³/mol. The van der Waals surface area contributed by atoms with Gasteiger partial charge in [0.05, 0.1) is 12.9 Å². The Hall–Kier alpha value is -1.67. The molecule has 0 unspecified atom stereocenters. The fourth-order valence-electron chi connectivity index (χ4n) is 1.31. The number of hydrogen-bond acceptors (Lipinski definition) is 7. The summed E-state index contributed by atoms with van der Waals surface area (Å²) in [6.07, 6.45) is 1.48. The molecule has 19 heavy (non-hydrogen) atoms. The van der Waals surface area contributed by atoms with Crippen molar-refractivity contribution in [1.29, 1.82) is 0 Å². The van der Waals surface area contributed by atoms with E-state index in [4.69, 9.17) is 0 Å². The highest BCUT2D eigenvalue weighted by Crippen LogP contribution is 2.27. The van der Waals surface area contributed by atoms with E-state index in [0.717, 1.165) is 15.2 Å². The van der Waals surface area contributed by atoms with Crippen LogP contribution >= 0.6 is 23.1 Å². The smallest absolute Gasteiger partial charge is 0.325 e. The molecule has 0 saturated carbocycles. The minimum absolute atomic E-state index is 0.118. The molecule has 8 heteroatoms. The normalized spacial score (nSPS) is 10.4. The third kappa shape index (κ3) is 3.65. The van der Waals surface area contributed by atoms with Gasteiger partial charge in [-0.15, -0.1) is 11.3 Å². The van der Waals surface area contributed by atoms with Crippen molar-refractivity contribution in [2.75, 3.05) is 19.4 Å². The molecule has 0 fully saturated rings. The minimum atomic E-state index is -0.472. The monoisotopic (exact) mass is 297 g/mol. The Morgan fingerprint density at radius 3 is 3.11 bits per heavy atom. The maximum absolute atomic E-state index is 11.5. The quantitative estimate of drug-likeness (QED) is 0.505. The summed E-state index contributed by atoms with van der Waals surface area (Å²) in [4.78, 5) is 31.6. The van der Waals surface area contributed by atoms with E-state index >= 15 is 0 Å². The molecule has 0 aliphatic heterocycles. The first-order valence-electron chi connectivity index (χ1n) is 5.35. The Kier molecular flexibility index (Phi) is 4.69. The summed E-state index contributed by atoms with van der Waals surface area (Å²) in [5.41, 5.74) is 0. The standard InChI is InChI=1S/C11H11N3O3S2/c1-17-9(16)4-12-8(15)5-19-11-7-2-3-18-10(7)13-6-14-11/h2-3,6H,4-5H2,1H3,(H,12,15). The molecule has 0 aromatic carbocycles. The molecule has 0 aliphatic carbocycles. The van der Waals surface area contributed by atoms with Gasteiger partial charge in [0, 0.05) is 5.39 Å². The van der Waals surface area contributed by atoms with Gasteiger partial charge in [-0.25, -0.2) is 9.97 Å². The number of carbonyl (C=O) groups is 2. The zero-order valence-electron chi connectivity index (χ0n) is 10.1. The fourth-order valence-corrected chi connectivity index (χ4v) is 2.92. The van der Waals surface area contributed by atoms with E-state index in [9.17, 15) is 9.59 Å². The molecule has 0 aliphatic rings. The van der Waals surface area contributed by atoms with Crippen molar-refractivity contribution >= 4 is 45.2 Å². The largest absolute Gasteiger partial charge is 0.468 e. The average molecular weight is 297 g/mol. The van der Waals surface area contributed by atoms with Gasteiger partial charge in [-0.05, 0) is 11.4 Å². The number of ether oxygens (including phenoxy) is 1. The van der Waals surface area contributed by atoms with Crippen LogP contribution in [0.4, 0.5) is 0 Å². The first-order valence-corrected chi connectivity index (χ1v) is 7.21. The molecule has 0 radical (unpaired) electrons. The number of methoxy groups -OCH3 is 1. The highest BCUT2D eigenvalue weighted by atomic mass is 32.2. The second-order valence-electron chi connectivity index (χ2n) is 3.46. The van der Waals surface area contributed by atoms with Crippen molar-refractivity contribution in [2.45, 2.75) is 5.03 Å². The van der Waals surface area contributed by atoms with Crippen LogP contribution in [0.15, 0.2) is 22.8 Å². The summed E-state index contributed by atoms with van der Waals surface area (Å²) in [6, 6.07) is 1.93. The molecule has 1 N–H and O–H groups in total. The van der Waals surface area contributed by atoms with Gasteiger partial charge in [0.2, 0.25) is 5.91 Å². The summed E-state index contributed by atoms with van der Waals surface area (Å²) >= 11 is 2.84. The van der Waals surface area contributed by atoms with Crippen molar-refractivity contribution in [2.24, 2.45) is 0 Å². The molecule has 2 aromatic heterocycles. The summed E-state index contributed by atoms with van der Waals surface area (Å²) < 4.78 is 4.43. The topological polar surface area (TPSA) is 81.2 Å². The molecule has 2 heterocycles. The molecule has 1 amide bonds. The number of hydrogen-bond donors (Lipinski definition) is 1. The average Bonchev–Trinajstić information content (AvgIpc) is 2.91. The zero-order chi connectivity index (χ0) is 13.7. The Labute approximate surface area is 117 Å². The zero-order valence-corrected chi connectivity index (χ0v) is 11.7. The number of thioether (sulfide) groups is 1. The number of carbonyl (C=O) groups excluding carboxylic acids is 2. The van der Waals surface area contributed by atoms with Crippen molar-refractivity contribution in [3.8, 4) is 0 Å². The van der Waals surface area contributed by atoms with Crippen molar-refractivity contribution in [1.82, 2.24) is 15.3 Å². The SMILES string of the molecule is COC(=O)CNC(=O)CSc1ncnc2sccc12. The van der Waals surface area contributed by atoms with Crippen LogP contribution in [0.3, 0.4) is 0 Å². The molecule has 2 rings (SSSR count). The second-order valence-corrected chi connectivity index (χ2v) is 5.32. The van der Waals surface area contributed by atoms with Crippen LogP contribution in [0.5, 0.6) is 0 Å². The van der Waals surface area contributed by atoms with Crippen molar-refractivity contribution < 1.29 is 14.3 Å². The lowest BCUT2D eigenvalue weighted by molar-refractivity contribution is -0.140. The number of rotatable bonds is 5. The van der Waals surface area contributed by atoms with Crippen LogP contribution in [0.2, 0.25) is 0 Å². The van der Waals surface area contributed by atoms with Gasteiger partial charge in [0.15, 0.2) is 0 Å². The van der Waals surface area contributed by atoms with E-state index in [2.05, 4.69) is 20.0 Å². The number of aromatic nitrogens is 2. The van der Waals surface area contributed by atoms with Gasteiger partial charge in [-0.1, -0.05) is 11.8 Å². The number of fused-ring (bicyclic) bond motifs is 1. The summed E-state index contributed by atoms with van der Waals surface area (Å²) in [5.74, 6) is -0.517. The van der Waals surface area contributed by atoms with Crippen molar-refractivity contribution in [3.05, 3.63) is 17.8 Å². The Bertz CT molecular complexity index is 600. The maximum Gasteiger partial charge on any atom is 0.325 e. The molecular formula is C11H11N3O3S2. The summed E-state index contributed by atoms with van der Waals surface area (Å²) in [5, 5.41) is 6.11. The van der Waals surface area contributed by atoms with Crippen molar-refractivity contribution in [3.63, 3.8) is 0 Å². The van der Waals surface area contributed by atoms with E-state index in [-0.39, 0.29) is 18.2 Å². The number of amides is 1. The number of nitrogens with zero attached hydrogens (tertiary/aromatic N) is 2. The van der Waals surface area contributed by atoms with E-state index < -0.39 is 5.97 Å². The van der Waals surface area contributed by atoms with E-state index in [0.29, 0.717) is 0 Å². The number of esters is 1. The molecular weight excluding hydrogens is 286 g/mol. The predicted octanol–water partition coefficient (Wildman–Crippen LogP) is 1.07. The molecule has 6 nitrogen and oxygen atoms in total. The van der Waals surface area contributed by atoms with Crippen LogP contribution in [-0.2, 0) is 14.3 Å². The lowest BCUT2D eigenvalue weighted by Crippen LogP contribution is -2.31. The van der Waals surface area contributed by atoms with Crippen LogP contribution in [0.1, 0.15) is 0 Å². The van der Waals surface area contributed by atoms with E-state index in [1.807, 2.05) is 11.4 Å².